The molecule has 188 valence electrons. The number of nitrogens with zero attached hydrogens (tertiary/aromatic N) is 7. The summed E-state index contributed by atoms with van der Waals surface area (Å²) in [6, 6.07) is 4.29. The van der Waals surface area contributed by atoms with E-state index in [9.17, 15) is 8.78 Å². The smallest absolute Gasteiger partial charge is 0.282 e. The van der Waals surface area contributed by atoms with Crippen LogP contribution >= 0.6 is 0 Å². The Bertz CT molecular complexity index is 1460. The van der Waals surface area contributed by atoms with Crippen molar-refractivity contribution in [2.45, 2.75) is 52.0 Å². The van der Waals surface area contributed by atoms with Crippen LogP contribution in [0.3, 0.4) is 0 Å². The summed E-state index contributed by atoms with van der Waals surface area (Å²) in [5.41, 5.74) is 4.52. The van der Waals surface area contributed by atoms with E-state index in [1.165, 1.54) is 0 Å². The van der Waals surface area contributed by atoms with Gasteiger partial charge in [0.25, 0.3) is 5.92 Å². The van der Waals surface area contributed by atoms with Gasteiger partial charge in [-0.3, -0.25) is 0 Å². The fraction of sp³-hybridized carbons (Fsp3) is 0.440. The Hall–Kier alpha value is -3.76. The summed E-state index contributed by atoms with van der Waals surface area (Å²) in [6.07, 6.45) is 6.74. The van der Waals surface area contributed by atoms with Crippen LogP contribution in [0.25, 0.3) is 16.7 Å². The number of nitrogens with one attached hydrogen (secondary N) is 1. The fourth-order valence-corrected chi connectivity index (χ4v) is 4.83. The first-order valence-electron chi connectivity index (χ1n) is 12.1. The van der Waals surface area contributed by atoms with Gasteiger partial charge in [-0.25, -0.2) is 18.4 Å². The maximum absolute atomic E-state index is 13.7. The summed E-state index contributed by atoms with van der Waals surface area (Å²) in [4.78, 5) is 15.5. The van der Waals surface area contributed by atoms with E-state index < -0.39 is 5.92 Å². The number of hydrogen-bond donors (Lipinski definition) is 1. The number of aromatic nitrogens is 6. The summed E-state index contributed by atoms with van der Waals surface area (Å²) in [6.45, 7) is 5.21. The second kappa shape index (κ2) is 8.14. The second-order valence-electron chi connectivity index (χ2n) is 9.78. The number of fused-ring (bicyclic) bond motifs is 1. The molecule has 0 bridgehead atoms. The number of methoxy groups -OCH3 is 1. The zero-order valence-corrected chi connectivity index (χ0v) is 20.7. The lowest BCUT2D eigenvalue weighted by Crippen LogP contribution is -2.56. The van der Waals surface area contributed by atoms with Gasteiger partial charge in [-0.2, -0.15) is 15.1 Å². The number of imidazole rings is 1. The van der Waals surface area contributed by atoms with E-state index in [1.54, 1.807) is 18.3 Å². The third-order valence-electron chi connectivity index (χ3n) is 7.22. The van der Waals surface area contributed by atoms with E-state index in [0.717, 1.165) is 52.9 Å². The van der Waals surface area contributed by atoms with Gasteiger partial charge in [-0.1, -0.05) is 0 Å². The monoisotopic (exact) mass is 494 g/mol. The lowest BCUT2D eigenvalue weighted by Gasteiger charge is -2.39. The molecular weight excluding hydrogens is 466 g/mol. The Balaban J connectivity index is 1.37. The highest BCUT2D eigenvalue weighted by molar-refractivity contribution is 5.91. The van der Waals surface area contributed by atoms with Crippen molar-refractivity contribution in [3.05, 3.63) is 41.5 Å². The van der Waals surface area contributed by atoms with Gasteiger partial charge in [0.1, 0.15) is 17.9 Å². The molecule has 36 heavy (non-hydrogen) atoms. The average molecular weight is 495 g/mol. The molecule has 4 heterocycles. The molecule has 11 heteroatoms. The average Bonchev–Trinajstić information content (AvgIpc) is 3.37. The number of ether oxygens (including phenoxy) is 1. The molecule has 0 unspecified atom stereocenters. The van der Waals surface area contributed by atoms with Gasteiger partial charge in [-0.15, -0.1) is 0 Å². The zero-order valence-electron chi connectivity index (χ0n) is 20.7. The lowest BCUT2D eigenvalue weighted by atomic mass is 9.93. The van der Waals surface area contributed by atoms with E-state index in [-0.39, 0.29) is 19.1 Å². The standard InChI is InChI=1S/C25H28F2N8O/c1-14-8-18(9-19(36-4)15(14)2)33-10-20(28-13-33)29-24-30-22(34-11-25(26,27)12-34)21-16(3)32-35(23(21)31-24)17-6-5-7-17/h8-10,13,17H,5-7,11-12H2,1-4H3,(H,29,30,31). The quantitative estimate of drug-likeness (QED) is 0.409. The number of halogens is 2. The maximum Gasteiger partial charge on any atom is 0.282 e. The van der Waals surface area contributed by atoms with Crippen molar-refractivity contribution in [3.8, 4) is 11.4 Å². The summed E-state index contributed by atoms with van der Waals surface area (Å²) >= 11 is 0. The molecule has 0 radical (unpaired) electrons. The highest BCUT2D eigenvalue weighted by Crippen LogP contribution is 2.40. The van der Waals surface area contributed by atoms with Crippen molar-refractivity contribution in [1.82, 2.24) is 29.3 Å². The largest absolute Gasteiger partial charge is 0.496 e. The molecule has 0 atom stereocenters. The van der Waals surface area contributed by atoms with Gasteiger partial charge in [0, 0.05) is 6.07 Å². The first-order valence-corrected chi connectivity index (χ1v) is 12.1. The first-order chi connectivity index (χ1) is 17.2. The van der Waals surface area contributed by atoms with E-state index in [4.69, 9.17) is 14.8 Å². The SMILES string of the molecule is COc1cc(-n2cnc(Nc3nc(N4CC(F)(F)C4)c4c(C)nn(C5CCC5)c4n3)c2)cc(C)c1C. The van der Waals surface area contributed by atoms with Crippen molar-refractivity contribution in [2.24, 2.45) is 0 Å². The van der Waals surface area contributed by atoms with Crippen LogP contribution in [0.5, 0.6) is 5.75 Å². The van der Waals surface area contributed by atoms with Crippen LogP contribution in [0, 0.1) is 20.8 Å². The molecule has 2 aliphatic rings. The molecule has 6 rings (SSSR count). The summed E-state index contributed by atoms with van der Waals surface area (Å²) in [5, 5.41) is 8.62. The van der Waals surface area contributed by atoms with E-state index >= 15 is 0 Å². The first kappa shape index (κ1) is 22.7. The predicted octanol–water partition coefficient (Wildman–Crippen LogP) is 4.87. The van der Waals surface area contributed by atoms with Gasteiger partial charge >= 0.3 is 0 Å². The van der Waals surface area contributed by atoms with Gasteiger partial charge in [0.15, 0.2) is 11.5 Å². The normalized spacial score (nSPS) is 17.2. The molecule has 1 aliphatic carbocycles. The van der Waals surface area contributed by atoms with Crippen LogP contribution < -0.4 is 15.0 Å². The van der Waals surface area contributed by atoms with Crippen LogP contribution in [0.2, 0.25) is 0 Å². The van der Waals surface area contributed by atoms with Crippen LogP contribution in [0.1, 0.15) is 42.1 Å². The van der Waals surface area contributed by atoms with E-state index in [1.807, 2.05) is 42.3 Å². The molecule has 0 spiro atoms. The highest BCUT2D eigenvalue weighted by atomic mass is 19.3. The topological polar surface area (TPSA) is 85.9 Å². The summed E-state index contributed by atoms with van der Waals surface area (Å²) in [7, 11) is 1.65. The van der Waals surface area contributed by atoms with Crippen molar-refractivity contribution in [2.75, 3.05) is 30.4 Å². The van der Waals surface area contributed by atoms with Crippen molar-refractivity contribution in [3.63, 3.8) is 0 Å². The maximum atomic E-state index is 13.7. The summed E-state index contributed by atoms with van der Waals surface area (Å²) < 4.78 is 36.8. The minimum atomic E-state index is -2.71. The van der Waals surface area contributed by atoms with Gasteiger partial charge in [0.2, 0.25) is 5.95 Å². The molecule has 2 fully saturated rings. The van der Waals surface area contributed by atoms with Gasteiger partial charge in [-0.05, 0) is 57.2 Å². The molecule has 1 aliphatic heterocycles. The molecular formula is C25H28F2N8O. The third kappa shape index (κ3) is 3.73. The fourth-order valence-electron chi connectivity index (χ4n) is 4.83. The number of anilines is 3. The number of benzene rings is 1. The highest BCUT2D eigenvalue weighted by Gasteiger charge is 2.45. The number of hydrogen-bond acceptors (Lipinski definition) is 7. The van der Waals surface area contributed by atoms with E-state index in [0.29, 0.717) is 23.2 Å². The number of aryl methyl sites for hydroxylation is 2. The van der Waals surface area contributed by atoms with Crippen molar-refractivity contribution in [1.29, 1.82) is 0 Å². The number of alkyl halides is 2. The Labute approximate surface area is 207 Å². The second-order valence-corrected chi connectivity index (χ2v) is 9.78. The van der Waals surface area contributed by atoms with Crippen molar-refractivity contribution < 1.29 is 13.5 Å². The van der Waals surface area contributed by atoms with Crippen LogP contribution in [0.15, 0.2) is 24.7 Å². The van der Waals surface area contributed by atoms with E-state index in [2.05, 4.69) is 21.4 Å². The Morgan fingerprint density at radius 2 is 1.89 bits per heavy atom. The molecule has 3 aromatic heterocycles. The summed E-state index contributed by atoms with van der Waals surface area (Å²) in [5.74, 6) is -0.587. The molecule has 0 amide bonds. The molecule has 1 saturated heterocycles. The molecule has 1 N–H and O–H groups in total. The Morgan fingerprint density at radius 1 is 1.11 bits per heavy atom. The lowest BCUT2D eigenvalue weighted by molar-refractivity contribution is -0.0265. The van der Waals surface area contributed by atoms with Crippen LogP contribution in [-0.4, -0.2) is 55.4 Å². The van der Waals surface area contributed by atoms with Gasteiger partial charge < -0.3 is 19.5 Å². The molecule has 4 aromatic rings. The Morgan fingerprint density at radius 3 is 2.56 bits per heavy atom. The molecule has 9 nitrogen and oxygen atoms in total. The Kier molecular flexibility index (Phi) is 5.13. The molecule has 1 aromatic carbocycles. The van der Waals surface area contributed by atoms with Gasteiger partial charge in [0.05, 0.1) is 49.2 Å². The number of rotatable bonds is 6. The minimum Gasteiger partial charge on any atom is -0.496 e. The van der Waals surface area contributed by atoms with Crippen LogP contribution in [-0.2, 0) is 0 Å². The van der Waals surface area contributed by atoms with Crippen molar-refractivity contribution >= 4 is 28.6 Å². The minimum absolute atomic E-state index is 0.272. The predicted molar refractivity (Wildman–Crippen MR) is 133 cm³/mol. The zero-order chi connectivity index (χ0) is 25.2. The van der Waals surface area contributed by atoms with Crippen LogP contribution in [0.4, 0.5) is 26.4 Å². The molecule has 1 saturated carbocycles. The third-order valence-corrected chi connectivity index (χ3v) is 7.22.